The molecule has 0 saturated heterocycles. The summed E-state index contributed by atoms with van der Waals surface area (Å²) < 4.78 is 31.9. The van der Waals surface area contributed by atoms with E-state index in [2.05, 4.69) is 10.3 Å². The molecule has 1 heterocycles. The van der Waals surface area contributed by atoms with Gasteiger partial charge in [-0.3, -0.25) is 0 Å². The highest BCUT2D eigenvalue weighted by Gasteiger charge is 2.24. The third kappa shape index (κ3) is 4.40. The molecule has 29 heavy (non-hydrogen) atoms. The maximum absolute atomic E-state index is 13.4. The molecule has 0 aliphatic rings. The summed E-state index contributed by atoms with van der Waals surface area (Å²) in [5, 5.41) is 4.18. The molecule has 1 aromatic heterocycles. The zero-order chi connectivity index (χ0) is 21.0. The van der Waals surface area contributed by atoms with Crippen molar-refractivity contribution in [1.82, 2.24) is 9.88 Å². The van der Waals surface area contributed by atoms with Crippen LogP contribution in [0, 0.1) is 5.82 Å². The number of hydrogen-bond donors (Lipinski definition) is 1. The summed E-state index contributed by atoms with van der Waals surface area (Å²) in [5.74, 6) is -0.117. The number of nitrogens with zero attached hydrogens (tertiary/aromatic N) is 2. The van der Waals surface area contributed by atoms with Crippen LogP contribution in [0.1, 0.15) is 18.5 Å². The second-order valence-electron chi connectivity index (χ2n) is 6.39. The number of rotatable bonds is 6. The minimum absolute atomic E-state index is 0.113. The maximum Gasteiger partial charge on any atom is 0.322 e. The third-order valence-corrected chi connectivity index (χ3v) is 4.95. The molecule has 5 nitrogen and oxygen atoms in total. The molecule has 2 amide bonds. The number of alkyl halides is 1. The Kier molecular flexibility index (Phi) is 6.49. The fourth-order valence-corrected chi connectivity index (χ4v) is 3.36. The molecule has 8 heteroatoms. The molecule has 3 aromatic rings. The zero-order valence-electron chi connectivity index (χ0n) is 16.0. The Morgan fingerprint density at radius 3 is 2.66 bits per heavy atom. The lowest BCUT2D eigenvalue weighted by Crippen LogP contribution is -2.38. The van der Waals surface area contributed by atoms with E-state index in [0.717, 1.165) is 22.4 Å². The van der Waals surface area contributed by atoms with E-state index in [0.29, 0.717) is 11.6 Å². The van der Waals surface area contributed by atoms with Crippen molar-refractivity contribution in [3.63, 3.8) is 0 Å². The maximum atomic E-state index is 13.4. The largest absolute Gasteiger partial charge is 0.481 e. The van der Waals surface area contributed by atoms with Gasteiger partial charge in [0, 0.05) is 22.8 Å². The monoisotopic (exact) mass is 419 g/mol. The smallest absolute Gasteiger partial charge is 0.322 e. The van der Waals surface area contributed by atoms with Crippen molar-refractivity contribution in [2.75, 3.05) is 25.6 Å². The van der Waals surface area contributed by atoms with Crippen LogP contribution in [-0.2, 0) is 0 Å². The van der Waals surface area contributed by atoms with E-state index in [4.69, 9.17) is 16.3 Å². The van der Waals surface area contributed by atoms with Gasteiger partial charge >= 0.3 is 6.03 Å². The van der Waals surface area contributed by atoms with Gasteiger partial charge in [-0.05, 0) is 36.6 Å². The van der Waals surface area contributed by atoms with Gasteiger partial charge in [0.15, 0.2) is 0 Å². The molecule has 152 valence electrons. The van der Waals surface area contributed by atoms with E-state index in [9.17, 15) is 13.6 Å². The number of halogens is 3. The molecule has 1 N–H and O–H groups in total. The zero-order valence-corrected chi connectivity index (χ0v) is 16.7. The number of carbonyl (C=O) groups excluding carboxylic acids is 1. The van der Waals surface area contributed by atoms with E-state index in [1.165, 1.54) is 24.1 Å². The van der Waals surface area contributed by atoms with Crippen LogP contribution in [0.4, 0.5) is 19.3 Å². The Labute approximate surface area is 172 Å². The number of carbonyl (C=O) groups is 1. The number of fused-ring (bicyclic) bond motifs is 1. The molecule has 0 aliphatic heterocycles. The van der Waals surface area contributed by atoms with Crippen LogP contribution in [0.2, 0.25) is 5.02 Å². The highest BCUT2D eigenvalue weighted by molar-refractivity contribution is 6.31. The first kappa shape index (κ1) is 20.8. The molecule has 0 aliphatic carbocycles. The number of anilines is 1. The van der Waals surface area contributed by atoms with Crippen LogP contribution in [-0.4, -0.2) is 36.2 Å². The number of urea groups is 1. The third-order valence-electron chi connectivity index (χ3n) is 4.66. The van der Waals surface area contributed by atoms with Crippen molar-refractivity contribution in [2.24, 2.45) is 0 Å². The van der Waals surface area contributed by atoms with E-state index >= 15 is 0 Å². The first-order valence-electron chi connectivity index (χ1n) is 8.96. The first-order chi connectivity index (χ1) is 14.0. The number of benzene rings is 2. The lowest BCUT2D eigenvalue weighted by atomic mass is 10.0. The molecule has 1 unspecified atom stereocenters. The molecule has 3 rings (SSSR count). The summed E-state index contributed by atoms with van der Waals surface area (Å²) in [6.45, 7) is 0.953. The predicted octanol–water partition coefficient (Wildman–Crippen LogP) is 5.60. The Morgan fingerprint density at radius 1 is 1.28 bits per heavy atom. The number of aromatic nitrogens is 1. The minimum atomic E-state index is -0.719. The molecule has 0 spiro atoms. The Bertz CT molecular complexity index is 1030. The van der Waals surface area contributed by atoms with Gasteiger partial charge in [0.2, 0.25) is 5.88 Å². The topological polar surface area (TPSA) is 54.5 Å². The molecule has 0 radical (unpaired) electrons. The van der Waals surface area contributed by atoms with E-state index in [-0.39, 0.29) is 11.6 Å². The van der Waals surface area contributed by atoms with Gasteiger partial charge in [-0.15, -0.1) is 0 Å². The Balaban J connectivity index is 1.93. The van der Waals surface area contributed by atoms with Crippen LogP contribution < -0.4 is 10.1 Å². The molecule has 1 atom stereocenters. The summed E-state index contributed by atoms with van der Waals surface area (Å²) in [7, 11) is 1.54. The lowest BCUT2D eigenvalue weighted by Gasteiger charge is -2.29. The van der Waals surface area contributed by atoms with Gasteiger partial charge < -0.3 is 15.0 Å². The average Bonchev–Trinajstić information content (AvgIpc) is 2.73. The van der Waals surface area contributed by atoms with Crippen LogP contribution in [0.3, 0.4) is 0 Å². The molecule has 0 fully saturated rings. The van der Waals surface area contributed by atoms with Crippen molar-refractivity contribution >= 4 is 34.1 Å². The number of pyridine rings is 1. The molecular formula is C21H20ClF2N3O2. The number of hydrogen-bond acceptors (Lipinski definition) is 3. The number of amides is 2. The average molecular weight is 420 g/mol. The normalized spacial score (nSPS) is 11.9. The van der Waals surface area contributed by atoms with Gasteiger partial charge in [-0.2, -0.15) is 0 Å². The molecule has 0 bridgehead atoms. The van der Waals surface area contributed by atoms with Gasteiger partial charge in [0.25, 0.3) is 0 Å². The summed E-state index contributed by atoms with van der Waals surface area (Å²) in [6, 6.07) is 10.3. The highest BCUT2D eigenvalue weighted by atomic mass is 35.5. The quantitative estimate of drug-likeness (QED) is 0.565. The van der Waals surface area contributed by atoms with Crippen LogP contribution >= 0.6 is 11.6 Å². The number of ether oxygens (including phenoxy) is 1. The van der Waals surface area contributed by atoms with E-state index in [1.807, 2.05) is 24.3 Å². The van der Waals surface area contributed by atoms with E-state index in [1.54, 1.807) is 13.1 Å². The highest BCUT2D eigenvalue weighted by Crippen LogP contribution is 2.32. The van der Waals surface area contributed by atoms with Crippen molar-refractivity contribution < 1.29 is 18.3 Å². The van der Waals surface area contributed by atoms with Crippen LogP contribution in [0.25, 0.3) is 10.8 Å². The summed E-state index contributed by atoms with van der Waals surface area (Å²) in [5.41, 5.74) is 1.07. The second-order valence-corrected chi connectivity index (χ2v) is 6.79. The summed E-state index contributed by atoms with van der Waals surface area (Å²) in [4.78, 5) is 18.5. The predicted molar refractivity (Wildman–Crippen MR) is 110 cm³/mol. The molecule has 0 saturated carbocycles. The Hall–Kier alpha value is -2.93. The van der Waals surface area contributed by atoms with Gasteiger partial charge in [-0.25, -0.2) is 18.6 Å². The van der Waals surface area contributed by atoms with E-state index < -0.39 is 24.6 Å². The first-order valence-corrected chi connectivity index (χ1v) is 9.34. The number of nitrogens with one attached hydrogen (secondary N) is 1. The van der Waals surface area contributed by atoms with Crippen LogP contribution in [0.5, 0.6) is 5.88 Å². The second kappa shape index (κ2) is 9.05. The minimum Gasteiger partial charge on any atom is -0.481 e. The van der Waals surface area contributed by atoms with Crippen molar-refractivity contribution in [3.05, 3.63) is 65.1 Å². The molecular weight excluding hydrogens is 400 g/mol. The van der Waals surface area contributed by atoms with Crippen molar-refractivity contribution in [1.29, 1.82) is 0 Å². The SMILES string of the molecule is COc1ncc(C(C)N(CCF)C(=O)Nc2ccc(F)c(Cl)c2)c2ccccc12. The van der Waals surface area contributed by atoms with Gasteiger partial charge in [0.05, 0.1) is 24.7 Å². The lowest BCUT2D eigenvalue weighted by molar-refractivity contribution is 0.186. The van der Waals surface area contributed by atoms with Gasteiger partial charge in [-0.1, -0.05) is 29.8 Å². The van der Waals surface area contributed by atoms with Crippen LogP contribution in [0.15, 0.2) is 48.7 Å². The van der Waals surface area contributed by atoms with Crippen molar-refractivity contribution in [2.45, 2.75) is 13.0 Å². The standard InChI is InChI=1S/C21H20ClF2N3O2/c1-13(17-12-25-20(29-2)16-6-4-3-5-15(16)17)27(10-9-23)21(28)26-14-7-8-19(24)18(22)11-14/h3-8,11-13H,9-10H2,1-2H3,(H,26,28). The Morgan fingerprint density at radius 2 is 2.00 bits per heavy atom. The summed E-state index contributed by atoms with van der Waals surface area (Å²) >= 11 is 5.77. The fraction of sp³-hybridized carbons (Fsp3) is 0.238. The molecule has 2 aromatic carbocycles. The van der Waals surface area contributed by atoms with Gasteiger partial charge in [0.1, 0.15) is 12.5 Å². The number of methoxy groups -OCH3 is 1. The van der Waals surface area contributed by atoms with Crippen molar-refractivity contribution in [3.8, 4) is 5.88 Å². The summed E-state index contributed by atoms with van der Waals surface area (Å²) in [6.07, 6.45) is 1.62. The fourth-order valence-electron chi connectivity index (χ4n) is 3.18.